The Morgan fingerprint density at radius 3 is 2.31 bits per heavy atom. The number of anilines is 1. The lowest BCUT2D eigenvalue weighted by Gasteiger charge is -2.32. The van der Waals surface area contributed by atoms with Crippen molar-refractivity contribution >= 4 is 29.2 Å². The average molecular weight is 447 g/mol. The molecule has 2 aromatic carbocycles. The number of ether oxygens (including phenoxy) is 1. The normalized spacial score (nSPS) is 17.7. The standard InChI is InChI=1S/C21H21BF3N3O4/c1-19(2)20(3,4)32-22(31-19)12-5-7-14-16(9-12)27-11-28(18(14)29)13-6-8-17(15(26)10-13)30-21(23,24)25/h5-11H,26H2,1-4H3. The first-order valence-corrected chi connectivity index (χ1v) is 9.80. The van der Waals surface area contributed by atoms with Gasteiger partial charge in [-0.2, -0.15) is 0 Å². The maximum absolute atomic E-state index is 13.0. The molecule has 168 valence electrons. The van der Waals surface area contributed by atoms with Crippen LogP contribution in [-0.4, -0.2) is 34.2 Å². The Hall–Kier alpha value is -3.05. The molecule has 0 aliphatic carbocycles. The smallest absolute Gasteiger partial charge is 0.404 e. The number of fused-ring (bicyclic) bond motifs is 1. The van der Waals surface area contributed by atoms with Gasteiger partial charge in [-0.05, 0) is 63.5 Å². The fourth-order valence-electron chi connectivity index (χ4n) is 3.35. The molecule has 1 aromatic heterocycles. The topological polar surface area (TPSA) is 88.6 Å². The Kier molecular flexibility index (Phi) is 5.02. The van der Waals surface area contributed by atoms with Gasteiger partial charge in [0.25, 0.3) is 5.56 Å². The van der Waals surface area contributed by atoms with Crippen LogP contribution in [0.4, 0.5) is 18.9 Å². The molecule has 0 amide bonds. The molecule has 11 heteroatoms. The fourth-order valence-corrected chi connectivity index (χ4v) is 3.35. The lowest BCUT2D eigenvalue weighted by molar-refractivity contribution is -0.274. The number of benzene rings is 2. The molecule has 2 heterocycles. The first kappa shape index (κ1) is 22.2. The van der Waals surface area contributed by atoms with Crippen LogP contribution in [0.25, 0.3) is 16.6 Å². The van der Waals surface area contributed by atoms with E-state index in [0.29, 0.717) is 10.9 Å². The first-order chi connectivity index (χ1) is 14.8. The summed E-state index contributed by atoms with van der Waals surface area (Å²) in [5.41, 5.74) is 5.40. The maximum atomic E-state index is 13.0. The van der Waals surface area contributed by atoms with Gasteiger partial charge in [-0.3, -0.25) is 9.36 Å². The summed E-state index contributed by atoms with van der Waals surface area (Å²) in [5, 5.41) is 0.321. The summed E-state index contributed by atoms with van der Waals surface area (Å²) in [6, 6.07) is 8.63. The fraction of sp³-hybridized carbons (Fsp3) is 0.333. The molecule has 2 N–H and O–H groups in total. The summed E-state index contributed by atoms with van der Waals surface area (Å²) in [7, 11) is -0.602. The number of halogens is 3. The molecule has 1 fully saturated rings. The van der Waals surface area contributed by atoms with Crippen molar-refractivity contribution in [3.8, 4) is 11.4 Å². The second-order valence-corrected chi connectivity index (χ2v) is 8.55. The summed E-state index contributed by atoms with van der Waals surface area (Å²) in [6.45, 7) is 7.78. The van der Waals surface area contributed by atoms with E-state index in [-0.39, 0.29) is 11.4 Å². The lowest BCUT2D eigenvalue weighted by Crippen LogP contribution is -2.41. The van der Waals surface area contributed by atoms with E-state index in [1.165, 1.54) is 23.0 Å². The molecule has 7 nitrogen and oxygen atoms in total. The van der Waals surface area contributed by atoms with Gasteiger partial charge < -0.3 is 19.8 Å². The number of hydrogen-bond donors (Lipinski definition) is 1. The molecule has 1 aliphatic rings. The van der Waals surface area contributed by atoms with E-state index < -0.39 is 36.0 Å². The SMILES string of the molecule is CC1(C)OB(c2ccc3c(=O)n(-c4ccc(OC(F)(F)F)c(N)c4)cnc3c2)OC1(C)C. The summed E-state index contributed by atoms with van der Waals surface area (Å²) in [4.78, 5) is 17.3. The molecular formula is C21H21BF3N3O4. The van der Waals surface area contributed by atoms with Crippen LogP contribution in [0.3, 0.4) is 0 Å². The molecule has 3 aromatic rings. The van der Waals surface area contributed by atoms with Crippen molar-refractivity contribution in [2.45, 2.75) is 45.3 Å². The number of alkyl halides is 3. The van der Waals surface area contributed by atoms with Gasteiger partial charge in [-0.15, -0.1) is 13.2 Å². The predicted molar refractivity (Wildman–Crippen MR) is 114 cm³/mol. The van der Waals surface area contributed by atoms with E-state index >= 15 is 0 Å². The van der Waals surface area contributed by atoms with Crippen molar-refractivity contribution in [3.05, 3.63) is 53.1 Å². The maximum Gasteiger partial charge on any atom is 0.573 e. The zero-order valence-corrected chi connectivity index (χ0v) is 17.9. The van der Waals surface area contributed by atoms with Gasteiger partial charge in [0.05, 0.1) is 33.5 Å². The van der Waals surface area contributed by atoms with E-state index in [9.17, 15) is 18.0 Å². The number of hydrogen-bond acceptors (Lipinski definition) is 6. The molecule has 1 saturated heterocycles. The molecule has 0 bridgehead atoms. The third-order valence-electron chi connectivity index (χ3n) is 5.81. The van der Waals surface area contributed by atoms with Crippen LogP contribution in [0, 0.1) is 0 Å². The second-order valence-electron chi connectivity index (χ2n) is 8.55. The molecule has 0 spiro atoms. The molecule has 0 radical (unpaired) electrons. The van der Waals surface area contributed by atoms with Gasteiger partial charge in [-0.1, -0.05) is 6.07 Å². The molecule has 1 aliphatic heterocycles. The van der Waals surface area contributed by atoms with Crippen molar-refractivity contribution in [2.75, 3.05) is 5.73 Å². The molecule has 0 unspecified atom stereocenters. The summed E-state index contributed by atoms with van der Waals surface area (Å²) < 4.78 is 54.5. The Morgan fingerprint density at radius 1 is 1.06 bits per heavy atom. The number of nitrogens with zero attached hydrogens (tertiary/aromatic N) is 2. The summed E-state index contributed by atoms with van der Waals surface area (Å²) >= 11 is 0. The Balaban J connectivity index is 1.68. The van der Waals surface area contributed by atoms with Crippen molar-refractivity contribution < 1.29 is 27.2 Å². The zero-order valence-electron chi connectivity index (χ0n) is 17.9. The molecule has 0 saturated carbocycles. The van der Waals surface area contributed by atoms with Gasteiger partial charge in [0, 0.05) is 0 Å². The second kappa shape index (κ2) is 7.24. The van der Waals surface area contributed by atoms with Gasteiger partial charge in [0.1, 0.15) is 6.33 Å². The van der Waals surface area contributed by atoms with Crippen LogP contribution < -0.4 is 21.5 Å². The van der Waals surface area contributed by atoms with Crippen molar-refractivity contribution in [1.29, 1.82) is 0 Å². The average Bonchev–Trinajstić information content (AvgIpc) is 2.90. The summed E-state index contributed by atoms with van der Waals surface area (Å²) in [5.74, 6) is -0.546. The lowest BCUT2D eigenvalue weighted by atomic mass is 9.79. The first-order valence-electron chi connectivity index (χ1n) is 9.80. The highest BCUT2D eigenvalue weighted by atomic mass is 19.4. The van der Waals surface area contributed by atoms with Crippen LogP contribution in [0.5, 0.6) is 5.75 Å². The number of nitrogens with two attached hydrogens (primary N) is 1. The van der Waals surface area contributed by atoms with Crippen LogP contribution in [0.1, 0.15) is 27.7 Å². The van der Waals surface area contributed by atoms with Crippen LogP contribution in [0.2, 0.25) is 0 Å². The quantitative estimate of drug-likeness (QED) is 0.490. The minimum absolute atomic E-state index is 0.256. The van der Waals surface area contributed by atoms with E-state index in [1.807, 2.05) is 27.7 Å². The minimum Gasteiger partial charge on any atom is -0.404 e. The van der Waals surface area contributed by atoms with Crippen LogP contribution in [-0.2, 0) is 9.31 Å². The Labute approximate surface area is 182 Å². The van der Waals surface area contributed by atoms with Crippen molar-refractivity contribution in [1.82, 2.24) is 9.55 Å². The number of nitrogen functional groups attached to an aromatic ring is 1. The molecule has 0 atom stereocenters. The van der Waals surface area contributed by atoms with Crippen molar-refractivity contribution in [3.63, 3.8) is 0 Å². The Morgan fingerprint density at radius 2 is 1.72 bits per heavy atom. The van der Waals surface area contributed by atoms with Gasteiger partial charge in [-0.25, -0.2) is 4.98 Å². The summed E-state index contributed by atoms with van der Waals surface area (Å²) in [6.07, 6.45) is -3.58. The molecule has 4 rings (SSSR count). The van der Waals surface area contributed by atoms with Gasteiger partial charge >= 0.3 is 13.5 Å². The van der Waals surface area contributed by atoms with Gasteiger partial charge in [0.15, 0.2) is 5.75 Å². The van der Waals surface area contributed by atoms with E-state index in [0.717, 1.165) is 11.5 Å². The highest BCUT2D eigenvalue weighted by Gasteiger charge is 2.51. The number of rotatable bonds is 3. The Bertz CT molecular complexity index is 1240. The van der Waals surface area contributed by atoms with E-state index in [1.54, 1.807) is 18.2 Å². The number of aromatic nitrogens is 2. The molecular weight excluding hydrogens is 426 g/mol. The largest absolute Gasteiger partial charge is 0.573 e. The van der Waals surface area contributed by atoms with Crippen LogP contribution in [0.15, 0.2) is 47.5 Å². The van der Waals surface area contributed by atoms with E-state index in [4.69, 9.17) is 15.0 Å². The third kappa shape index (κ3) is 3.93. The highest BCUT2D eigenvalue weighted by molar-refractivity contribution is 6.62. The highest BCUT2D eigenvalue weighted by Crippen LogP contribution is 2.36. The molecule has 32 heavy (non-hydrogen) atoms. The zero-order chi connectivity index (χ0) is 23.5. The van der Waals surface area contributed by atoms with Gasteiger partial charge in [0.2, 0.25) is 0 Å². The van der Waals surface area contributed by atoms with E-state index in [2.05, 4.69) is 9.72 Å². The van der Waals surface area contributed by atoms with Crippen LogP contribution >= 0.6 is 0 Å². The van der Waals surface area contributed by atoms with Crippen molar-refractivity contribution in [2.24, 2.45) is 0 Å². The third-order valence-corrected chi connectivity index (χ3v) is 5.81. The minimum atomic E-state index is -4.87. The predicted octanol–water partition coefficient (Wildman–Crippen LogP) is 3.17. The monoisotopic (exact) mass is 447 g/mol.